The summed E-state index contributed by atoms with van der Waals surface area (Å²) in [6.07, 6.45) is -10.8. The Morgan fingerprint density at radius 3 is 2.00 bits per heavy atom. The van der Waals surface area contributed by atoms with Crippen LogP contribution in [0.4, 0.5) is 43.4 Å². The van der Waals surface area contributed by atoms with Gasteiger partial charge in [-0.2, -0.15) is 26.3 Å². The van der Waals surface area contributed by atoms with Crippen LogP contribution in [-0.2, 0) is 14.3 Å². The fourth-order valence-electron chi connectivity index (χ4n) is 2.98. The maximum Gasteiger partial charge on any atom is 0.471 e. The van der Waals surface area contributed by atoms with E-state index in [-0.39, 0.29) is 16.6 Å². The first kappa shape index (κ1) is 22.8. The standard InChI is InChI=1S/C17H10F6N4O5/c1-27-11-7(26-15(31)17(21,22)23)4-6(25-14(30)16(18,19)20)10-9(11)5(12(27)28)3-8(24-10)13(29)32-2/h3-4H,1-2H3,(H,25,30)(H,26,31). The monoisotopic (exact) mass is 464 g/mol. The van der Waals surface area contributed by atoms with Gasteiger partial charge in [-0.3, -0.25) is 14.4 Å². The Morgan fingerprint density at radius 1 is 0.969 bits per heavy atom. The average Bonchev–Trinajstić information content (AvgIpc) is 2.94. The van der Waals surface area contributed by atoms with Crippen LogP contribution in [-0.4, -0.2) is 55.2 Å². The number of alkyl halides is 6. The Hall–Kier alpha value is -3.91. The first-order valence-electron chi connectivity index (χ1n) is 8.31. The van der Waals surface area contributed by atoms with E-state index in [0.29, 0.717) is 6.07 Å². The molecule has 9 nitrogen and oxygen atoms in total. The van der Waals surface area contributed by atoms with Gasteiger partial charge in [-0.15, -0.1) is 0 Å². The van der Waals surface area contributed by atoms with Gasteiger partial charge >= 0.3 is 30.1 Å². The number of anilines is 3. The van der Waals surface area contributed by atoms with Gasteiger partial charge in [0.15, 0.2) is 0 Å². The van der Waals surface area contributed by atoms with Gasteiger partial charge in [0.1, 0.15) is 5.69 Å². The Morgan fingerprint density at radius 2 is 1.50 bits per heavy atom. The second-order valence-electron chi connectivity index (χ2n) is 6.36. The maximum absolute atomic E-state index is 12.8. The summed E-state index contributed by atoms with van der Waals surface area (Å²) in [4.78, 5) is 52.0. The zero-order valence-electron chi connectivity index (χ0n) is 15.9. The maximum atomic E-state index is 12.8. The van der Waals surface area contributed by atoms with Gasteiger partial charge in [-0.25, -0.2) is 9.78 Å². The number of nitrogens with zero attached hydrogens (tertiary/aromatic N) is 2. The number of carbonyl (C=O) groups is 4. The highest BCUT2D eigenvalue weighted by Crippen LogP contribution is 2.45. The molecule has 0 aliphatic carbocycles. The normalized spacial score (nSPS) is 13.4. The van der Waals surface area contributed by atoms with Crippen LogP contribution in [0, 0.1) is 0 Å². The number of halogens is 6. The third-order valence-corrected chi connectivity index (χ3v) is 4.33. The van der Waals surface area contributed by atoms with E-state index in [1.54, 1.807) is 0 Å². The summed E-state index contributed by atoms with van der Waals surface area (Å²) in [5, 5.41) is 2.61. The molecular formula is C17H10F6N4O5. The summed E-state index contributed by atoms with van der Waals surface area (Å²) >= 11 is 0. The minimum atomic E-state index is -5.39. The molecule has 0 unspecified atom stereocenters. The van der Waals surface area contributed by atoms with Crippen molar-refractivity contribution in [3.63, 3.8) is 0 Å². The molecule has 15 heteroatoms. The van der Waals surface area contributed by atoms with Gasteiger partial charge in [0.2, 0.25) is 0 Å². The van der Waals surface area contributed by atoms with Crippen molar-refractivity contribution in [1.29, 1.82) is 0 Å². The third-order valence-electron chi connectivity index (χ3n) is 4.33. The van der Waals surface area contributed by atoms with Crippen LogP contribution in [0.15, 0.2) is 12.1 Å². The lowest BCUT2D eigenvalue weighted by Gasteiger charge is -2.19. The van der Waals surface area contributed by atoms with E-state index in [1.807, 2.05) is 0 Å². The Kier molecular flexibility index (Phi) is 5.23. The van der Waals surface area contributed by atoms with Crippen LogP contribution in [0.25, 0.3) is 10.9 Å². The van der Waals surface area contributed by atoms with E-state index in [9.17, 15) is 45.5 Å². The number of ether oxygens (including phenoxy) is 1. The number of rotatable bonds is 3. The second-order valence-corrected chi connectivity index (χ2v) is 6.36. The topological polar surface area (TPSA) is 118 Å². The lowest BCUT2D eigenvalue weighted by molar-refractivity contribution is -0.167. The fraction of sp³-hybridized carbons (Fsp3) is 0.235. The lowest BCUT2D eigenvalue weighted by atomic mass is 10.1. The van der Waals surface area contributed by atoms with E-state index in [0.717, 1.165) is 25.1 Å². The molecule has 0 radical (unpaired) electrons. The van der Waals surface area contributed by atoms with Gasteiger partial charge in [-0.05, 0) is 12.1 Å². The highest BCUT2D eigenvalue weighted by molar-refractivity contribution is 6.30. The lowest BCUT2D eigenvalue weighted by Crippen LogP contribution is -2.32. The number of aromatic nitrogens is 1. The summed E-state index contributed by atoms with van der Waals surface area (Å²) in [6.45, 7) is 0. The van der Waals surface area contributed by atoms with E-state index in [4.69, 9.17) is 0 Å². The number of hydrogen-bond acceptors (Lipinski definition) is 6. The van der Waals surface area contributed by atoms with Crippen molar-refractivity contribution < 1.29 is 50.3 Å². The van der Waals surface area contributed by atoms with Gasteiger partial charge < -0.3 is 20.3 Å². The van der Waals surface area contributed by atoms with Gasteiger partial charge in [-0.1, -0.05) is 0 Å². The fourth-order valence-corrected chi connectivity index (χ4v) is 2.98. The number of carbonyl (C=O) groups excluding carboxylic acids is 4. The average molecular weight is 464 g/mol. The molecule has 2 N–H and O–H groups in total. The predicted octanol–water partition coefficient (Wildman–Crippen LogP) is 2.61. The van der Waals surface area contributed by atoms with E-state index in [2.05, 4.69) is 9.72 Å². The third kappa shape index (κ3) is 3.76. The molecule has 1 aliphatic rings. The molecule has 0 fully saturated rings. The van der Waals surface area contributed by atoms with Crippen molar-refractivity contribution in [3.8, 4) is 0 Å². The molecule has 2 aromatic rings. The van der Waals surface area contributed by atoms with Crippen LogP contribution < -0.4 is 15.5 Å². The highest BCUT2D eigenvalue weighted by atomic mass is 19.4. The van der Waals surface area contributed by atoms with Crippen molar-refractivity contribution in [1.82, 2.24) is 4.98 Å². The van der Waals surface area contributed by atoms with E-state index in [1.165, 1.54) is 10.6 Å². The molecule has 3 amide bonds. The number of esters is 1. The van der Waals surface area contributed by atoms with Gasteiger partial charge in [0.05, 0.1) is 35.3 Å². The molecule has 2 heterocycles. The number of benzene rings is 1. The largest absolute Gasteiger partial charge is 0.471 e. The number of nitrogens with one attached hydrogen (secondary N) is 2. The first-order valence-corrected chi connectivity index (χ1v) is 8.31. The molecule has 170 valence electrons. The molecule has 0 saturated heterocycles. The SMILES string of the molecule is COC(=O)c1cc2c3c(c(NC(=O)C(F)(F)F)cc(NC(=O)C(F)(F)F)c3n1)N(C)C2=O. The quantitative estimate of drug-likeness (QED) is 0.533. The summed E-state index contributed by atoms with van der Waals surface area (Å²) in [6, 6.07) is 1.49. The van der Waals surface area contributed by atoms with E-state index < -0.39 is 58.6 Å². The molecule has 1 aromatic heterocycles. The Labute approximate surface area is 173 Å². The highest BCUT2D eigenvalue weighted by Gasteiger charge is 2.42. The van der Waals surface area contributed by atoms with Crippen molar-refractivity contribution in [2.75, 3.05) is 29.7 Å². The number of hydrogen-bond donors (Lipinski definition) is 2. The summed E-state index contributed by atoms with van der Waals surface area (Å²) in [5.74, 6) is -6.92. The van der Waals surface area contributed by atoms with Gasteiger partial charge in [0, 0.05) is 12.4 Å². The predicted molar refractivity (Wildman–Crippen MR) is 95.2 cm³/mol. The van der Waals surface area contributed by atoms with Gasteiger partial charge in [0.25, 0.3) is 5.91 Å². The molecular weight excluding hydrogens is 454 g/mol. The van der Waals surface area contributed by atoms with Crippen LogP contribution in [0.3, 0.4) is 0 Å². The zero-order valence-corrected chi connectivity index (χ0v) is 15.9. The summed E-state index contributed by atoms with van der Waals surface area (Å²) in [5.41, 5.74) is -3.21. The van der Waals surface area contributed by atoms with Crippen molar-refractivity contribution in [2.45, 2.75) is 12.4 Å². The number of methoxy groups -OCH3 is 1. The van der Waals surface area contributed by atoms with Crippen LogP contribution in [0.1, 0.15) is 20.8 Å². The first-order chi connectivity index (χ1) is 14.7. The Balaban J connectivity index is 2.34. The van der Waals surface area contributed by atoms with Crippen molar-refractivity contribution in [3.05, 3.63) is 23.4 Å². The summed E-state index contributed by atoms with van der Waals surface area (Å²) in [7, 11) is 2.08. The smallest absolute Gasteiger partial charge is 0.464 e. The molecule has 1 aromatic carbocycles. The summed E-state index contributed by atoms with van der Waals surface area (Å²) < 4.78 is 81.0. The molecule has 32 heavy (non-hydrogen) atoms. The number of amides is 3. The van der Waals surface area contributed by atoms with Crippen molar-refractivity contribution >= 4 is 51.7 Å². The van der Waals surface area contributed by atoms with Crippen LogP contribution in [0.5, 0.6) is 0 Å². The molecule has 3 rings (SSSR count). The molecule has 0 atom stereocenters. The van der Waals surface area contributed by atoms with Crippen LogP contribution in [0.2, 0.25) is 0 Å². The minimum absolute atomic E-state index is 0.289. The molecule has 0 spiro atoms. The molecule has 0 bridgehead atoms. The van der Waals surface area contributed by atoms with E-state index >= 15 is 0 Å². The molecule has 0 saturated carbocycles. The zero-order chi connectivity index (χ0) is 24.2. The number of pyridine rings is 1. The van der Waals surface area contributed by atoms with Crippen LogP contribution >= 0.6 is 0 Å². The Bertz CT molecular complexity index is 1190. The molecule has 1 aliphatic heterocycles. The second kappa shape index (κ2) is 7.35. The minimum Gasteiger partial charge on any atom is -0.464 e. The van der Waals surface area contributed by atoms with Crippen molar-refractivity contribution in [2.24, 2.45) is 0 Å².